The Hall–Kier alpha value is -1.48. The molecule has 0 bridgehead atoms. The molecule has 3 rings (SSSR count). The average molecular weight is 395 g/mol. The fourth-order valence-electron chi connectivity index (χ4n) is 3.71. The molecule has 2 aliphatic heterocycles. The SMILES string of the molecule is CCCC1CC(C(=O)N2CCN(S(=O)(=O)c3ccc(C)c(C)c3)CC2)NN1. The molecule has 0 spiro atoms. The maximum absolute atomic E-state index is 12.9. The Bertz CT molecular complexity index is 788. The van der Waals surface area contributed by atoms with E-state index < -0.39 is 10.0 Å². The molecule has 1 amide bonds. The topological polar surface area (TPSA) is 81.8 Å². The van der Waals surface area contributed by atoms with Crippen LogP contribution in [0.15, 0.2) is 23.1 Å². The summed E-state index contributed by atoms with van der Waals surface area (Å²) in [6, 6.07) is 5.34. The van der Waals surface area contributed by atoms with Crippen LogP contribution in [-0.4, -0.2) is 61.8 Å². The van der Waals surface area contributed by atoms with Gasteiger partial charge in [0.15, 0.2) is 0 Å². The normalized spacial score (nSPS) is 24.3. The Morgan fingerprint density at radius 2 is 1.81 bits per heavy atom. The maximum Gasteiger partial charge on any atom is 0.243 e. The minimum atomic E-state index is -3.52. The Morgan fingerprint density at radius 1 is 1.11 bits per heavy atom. The number of carbonyl (C=O) groups excluding carboxylic acids is 1. The number of piperazine rings is 1. The van der Waals surface area contributed by atoms with Crippen molar-refractivity contribution in [3.63, 3.8) is 0 Å². The van der Waals surface area contributed by atoms with Crippen LogP contribution >= 0.6 is 0 Å². The van der Waals surface area contributed by atoms with Gasteiger partial charge in [-0.15, -0.1) is 0 Å². The van der Waals surface area contributed by atoms with Crippen LogP contribution in [0, 0.1) is 13.8 Å². The molecule has 150 valence electrons. The summed E-state index contributed by atoms with van der Waals surface area (Å²) in [7, 11) is -3.52. The highest BCUT2D eigenvalue weighted by molar-refractivity contribution is 7.89. The predicted octanol–water partition coefficient (Wildman–Crippen LogP) is 1.17. The average Bonchev–Trinajstić information content (AvgIpc) is 3.12. The van der Waals surface area contributed by atoms with Gasteiger partial charge in [0.05, 0.1) is 4.90 Å². The van der Waals surface area contributed by atoms with E-state index >= 15 is 0 Å². The zero-order valence-electron chi connectivity index (χ0n) is 16.4. The van der Waals surface area contributed by atoms with E-state index in [0.29, 0.717) is 37.1 Å². The lowest BCUT2D eigenvalue weighted by atomic mass is 10.1. The number of sulfonamides is 1. The predicted molar refractivity (Wildman–Crippen MR) is 105 cm³/mol. The van der Waals surface area contributed by atoms with Gasteiger partial charge >= 0.3 is 0 Å². The zero-order valence-corrected chi connectivity index (χ0v) is 17.2. The molecular weight excluding hydrogens is 364 g/mol. The third-order valence-corrected chi connectivity index (χ3v) is 7.48. The van der Waals surface area contributed by atoms with Gasteiger partial charge in [0.2, 0.25) is 15.9 Å². The third-order valence-electron chi connectivity index (χ3n) is 5.58. The van der Waals surface area contributed by atoms with Gasteiger partial charge in [0.25, 0.3) is 0 Å². The molecular formula is C19H30N4O3S. The number of benzene rings is 1. The van der Waals surface area contributed by atoms with Crippen LogP contribution in [0.25, 0.3) is 0 Å². The highest BCUT2D eigenvalue weighted by Crippen LogP contribution is 2.21. The first-order chi connectivity index (χ1) is 12.8. The Balaban J connectivity index is 1.59. The molecule has 2 fully saturated rings. The molecule has 0 radical (unpaired) electrons. The quantitative estimate of drug-likeness (QED) is 0.784. The number of hydrogen-bond donors (Lipinski definition) is 2. The third kappa shape index (κ3) is 4.34. The van der Waals surface area contributed by atoms with Crippen molar-refractivity contribution in [2.24, 2.45) is 0 Å². The standard InChI is InChI=1S/C19H30N4O3S/c1-4-5-16-13-18(21-20-16)19(24)22-8-10-23(11-9-22)27(25,26)17-7-6-14(2)15(3)12-17/h6-7,12,16,18,20-21H,4-5,8-11,13H2,1-3H3. The van der Waals surface area contributed by atoms with E-state index in [4.69, 9.17) is 0 Å². The molecule has 2 saturated heterocycles. The van der Waals surface area contributed by atoms with Gasteiger partial charge in [0, 0.05) is 32.2 Å². The van der Waals surface area contributed by atoms with Crippen LogP contribution in [0.4, 0.5) is 0 Å². The van der Waals surface area contributed by atoms with Crippen molar-refractivity contribution in [1.82, 2.24) is 20.1 Å². The number of aryl methyl sites for hydroxylation is 2. The summed E-state index contributed by atoms with van der Waals surface area (Å²) in [5, 5.41) is 0. The van der Waals surface area contributed by atoms with Gasteiger partial charge in [-0.05, 0) is 49.9 Å². The van der Waals surface area contributed by atoms with Crippen LogP contribution in [0.5, 0.6) is 0 Å². The molecule has 0 aromatic heterocycles. The molecule has 2 atom stereocenters. The lowest BCUT2D eigenvalue weighted by molar-refractivity contribution is -0.134. The summed E-state index contributed by atoms with van der Waals surface area (Å²) >= 11 is 0. The molecule has 7 nitrogen and oxygen atoms in total. The fraction of sp³-hybridized carbons (Fsp3) is 0.632. The summed E-state index contributed by atoms with van der Waals surface area (Å²) in [6.07, 6.45) is 2.90. The Morgan fingerprint density at radius 3 is 2.44 bits per heavy atom. The number of carbonyl (C=O) groups is 1. The molecule has 2 N–H and O–H groups in total. The second-order valence-electron chi connectivity index (χ2n) is 7.54. The summed E-state index contributed by atoms with van der Waals surface area (Å²) < 4.78 is 27.3. The number of nitrogens with zero attached hydrogens (tertiary/aromatic N) is 2. The van der Waals surface area contributed by atoms with Crippen LogP contribution in [0.1, 0.15) is 37.3 Å². The van der Waals surface area contributed by atoms with E-state index in [-0.39, 0.29) is 11.9 Å². The van der Waals surface area contributed by atoms with Crippen LogP contribution in [0.2, 0.25) is 0 Å². The highest BCUT2D eigenvalue weighted by atomic mass is 32.2. The molecule has 2 unspecified atom stereocenters. The van der Waals surface area contributed by atoms with Gasteiger partial charge < -0.3 is 4.90 Å². The van der Waals surface area contributed by atoms with Gasteiger partial charge in [-0.2, -0.15) is 4.31 Å². The van der Waals surface area contributed by atoms with E-state index in [1.807, 2.05) is 19.9 Å². The Kier molecular flexibility index (Phi) is 6.20. The molecule has 0 aliphatic carbocycles. The lowest BCUT2D eigenvalue weighted by Crippen LogP contribution is -2.54. The molecule has 0 saturated carbocycles. The minimum Gasteiger partial charge on any atom is -0.339 e. The van der Waals surface area contributed by atoms with E-state index in [2.05, 4.69) is 17.8 Å². The minimum absolute atomic E-state index is 0.0596. The van der Waals surface area contributed by atoms with Crippen molar-refractivity contribution in [3.8, 4) is 0 Å². The first-order valence-electron chi connectivity index (χ1n) is 9.70. The molecule has 27 heavy (non-hydrogen) atoms. The van der Waals surface area contributed by atoms with Crippen LogP contribution in [-0.2, 0) is 14.8 Å². The maximum atomic E-state index is 12.9. The van der Waals surface area contributed by atoms with E-state index in [0.717, 1.165) is 30.4 Å². The van der Waals surface area contributed by atoms with Gasteiger partial charge in [0.1, 0.15) is 6.04 Å². The van der Waals surface area contributed by atoms with Crippen molar-refractivity contribution in [2.45, 2.75) is 57.0 Å². The van der Waals surface area contributed by atoms with Crippen molar-refractivity contribution in [1.29, 1.82) is 0 Å². The first kappa shape index (κ1) is 20.3. The number of hydrogen-bond acceptors (Lipinski definition) is 5. The number of nitrogens with one attached hydrogen (secondary N) is 2. The number of amides is 1. The van der Waals surface area contributed by atoms with E-state index in [1.165, 1.54) is 4.31 Å². The van der Waals surface area contributed by atoms with E-state index in [1.54, 1.807) is 17.0 Å². The molecule has 2 aliphatic rings. The van der Waals surface area contributed by atoms with E-state index in [9.17, 15) is 13.2 Å². The fourth-order valence-corrected chi connectivity index (χ4v) is 5.22. The monoisotopic (exact) mass is 394 g/mol. The second-order valence-corrected chi connectivity index (χ2v) is 9.48. The molecule has 2 heterocycles. The second kappa shape index (κ2) is 8.26. The summed E-state index contributed by atoms with van der Waals surface area (Å²) in [5.41, 5.74) is 8.32. The van der Waals surface area contributed by atoms with Crippen LogP contribution in [0.3, 0.4) is 0 Å². The summed E-state index contributed by atoms with van der Waals surface area (Å²) in [4.78, 5) is 14.8. The summed E-state index contributed by atoms with van der Waals surface area (Å²) in [5.74, 6) is 0.0596. The van der Waals surface area contributed by atoms with Crippen molar-refractivity contribution >= 4 is 15.9 Å². The molecule has 1 aromatic rings. The number of rotatable bonds is 5. The largest absolute Gasteiger partial charge is 0.339 e. The zero-order chi connectivity index (χ0) is 19.6. The summed E-state index contributed by atoms with van der Waals surface area (Å²) in [6.45, 7) is 7.54. The number of hydrazine groups is 1. The van der Waals surface area contributed by atoms with Crippen LogP contribution < -0.4 is 10.9 Å². The first-order valence-corrected chi connectivity index (χ1v) is 11.1. The van der Waals surface area contributed by atoms with Gasteiger partial charge in [-0.3, -0.25) is 10.2 Å². The van der Waals surface area contributed by atoms with Crippen molar-refractivity contribution in [3.05, 3.63) is 29.3 Å². The smallest absolute Gasteiger partial charge is 0.243 e. The molecule has 1 aromatic carbocycles. The van der Waals surface area contributed by atoms with Crippen molar-refractivity contribution < 1.29 is 13.2 Å². The van der Waals surface area contributed by atoms with Gasteiger partial charge in [-0.1, -0.05) is 19.4 Å². The lowest BCUT2D eigenvalue weighted by Gasteiger charge is -2.35. The highest BCUT2D eigenvalue weighted by Gasteiger charge is 2.35. The Labute approximate surface area is 162 Å². The van der Waals surface area contributed by atoms with Crippen molar-refractivity contribution in [2.75, 3.05) is 26.2 Å². The van der Waals surface area contributed by atoms with Gasteiger partial charge in [-0.25, -0.2) is 13.8 Å². The molecule has 8 heteroatoms.